The fourth-order valence-corrected chi connectivity index (χ4v) is 2.71. The molecular weight excluding hydrogens is 412 g/mol. The molecule has 3 rings (SSSR count). The molecule has 0 aromatic heterocycles. The molecule has 0 saturated heterocycles. The van der Waals surface area contributed by atoms with Gasteiger partial charge in [-0.25, -0.2) is 5.43 Å². The molecule has 0 bridgehead atoms. The van der Waals surface area contributed by atoms with Gasteiger partial charge < -0.3 is 19.7 Å². The predicted molar refractivity (Wildman–Crippen MR) is 122 cm³/mol. The Morgan fingerprint density at radius 1 is 0.812 bits per heavy atom. The molecule has 1 amide bonds. The van der Waals surface area contributed by atoms with E-state index >= 15 is 0 Å². The van der Waals surface area contributed by atoms with E-state index in [4.69, 9.17) is 9.47 Å². The van der Waals surface area contributed by atoms with Crippen LogP contribution < -0.4 is 20.3 Å². The van der Waals surface area contributed by atoms with Crippen LogP contribution in [0.5, 0.6) is 23.0 Å². The number of amides is 1. The predicted octanol–water partition coefficient (Wildman–Crippen LogP) is 3.32. The SMILES string of the molecule is COc1cccc(/C=N/NC(=O)c2ccc(N/N=C/c3cccc(OC)c3O)cc2)c1O. The van der Waals surface area contributed by atoms with Crippen molar-refractivity contribution in [3.63, 3.8) is 0 Å². The van der Waals surface area contributed by atoms with Gasteiger partial charge in [-0.1, -0.05) is 12.1 Å². The molecule has 0 spiro atoms. The average molecular weight is 434 g/mol. The highest BCUT2D eigenvalue weighted by atomic mass is 16.5. The second-order valence-corrected chi connectivity index (χ2v) is 6.44. The second kappa shape index (κ2) is 10.5. The molecule has 4 N–H and O–H groups in total. The topological polar surface area (TPSA) is 125 Å². The Hall–Kier alpha value is -4.53. The van der Waals surface area contributed by atoms with Crippen LogP contribution in [0, 0.1) is 0 Å². The fraction of sp³-hybridized carbons (Fsp3) is 0.0870. The Kier molecular flexibility index (Phi) is 7.26. The lowest BCUT2D eigenvalue weighted by Gasteiger charge is -2.06. The minimum atomic E-state index is -0.417. The van der Waals surface area contributed by atoms with Gasteiger partial charge in [0.15, 0.2) is 23.0 Å². The number of nitrogens with zero attached hydrogens (tertiary/aromatic N) is 2. The third kappa shape index (κ3) is 5.33. The van der Waals surface area contributed by atoms with E-state index < -0.39 is 5.91 Å². The van der Waals surface area contributed by atoms with Gasteiger partial charge in [0.25, 0.3) is 5.91 Å². The van der Waals surface area contributed by atoms with Crippen molar-refractivity contribution in [2.45, 2.75) is 0 Å². The molecule has 0 aliphatic rings. The number of para-hydroxylation sites is 2. The number of hydrogen-bond donors (Lipinski definition) is 4. The molecule has 0 fully saturated rings. The van der Waals surface area contributed by atoms with Gasteiger partial charge in [-0.3, -0.25) is 10.2 Å². The van der Waals surface area contributed by atoms with Gasteiger partial charge in [0.1, 0.15) is 0 Å². The Labute approximate surface area is 184 Å². The summed E-state index contributed by atoms with van der Waals surface area (Å²) in [6.07, 6.45) is 2.79. The zero-order valence-corrected chi connectivity index (χ0v) is 17.4. The smallest absolute Gasteiger partial charge is 0.271 e. The number of carbonyl (C=O) groups excluding carboxylic acids is 1. The van der Waals surface area contributed by atoms with Crippen LogP contribution in [0.25, 0.3) is 0 Å². The number of hydrogen-bond acceptors (Lipinski definition) is 8. The Morgan fingerprint density at radius 3 is 1.88 bits per heavy atom. The molecule has 32 heavy (non-hydrogen) atoms. The van der Waals surface area contributed by atoms with E-state index in [1.807, 2.05) is 0 Å². The first-order valence-corrected chi connectivity index (χ1v) is 9.48. The monoisotopic (exact) mass is 434 g/mol. The second-order valence-electron chi connectivity index (χ2n) is 6.44. The maximum atomic E-state index is 12.2. The van der Waals surface area contributed by atoms with Crippen LogP contribution in [0.3, 0.4) is 0 Å². The molecule has 3 aromatic carbocycles. The summed E-state index contributed by atoms with van der Waals surface area (Å²) in [5.41, 5.74) is 7.15. The summed E-state index contributed by atoms with van der Waals surface area (Å²) in [6, 6.07) is 16.6. The van der Waals surface area contributed by atoms with Crippen LogP contribution in [0.4, 0.5) is 5.69 Å². The van der Waals surface area contributed by atoms with Crippen molar-refractivity contribution in [1.29, 1.82) is 0 Å². The molecule has 3 aromatic rings. The van der Waals surface area contributed by atoms with Gasteiger partial charge in [0.2, 0.25) is 0 Å². The first kappa shape index (κ1) is 22.2. The van der Waals surface area contributed by atoms with E-state index in [2.05, 4.69) is 21.1 Å². The van der Waals surface area contributed by atoms with Crippen LogP contribution in [0.15, 0.2) is 70.9 Å². The highest BCUT2D eigenvalue weighted by Gasteiger charge is 2.07. The van der Waals surface area contributed by atoms with E-state index in [1.165, 1.54) is 26.6 Å². The molecule has 0 aliphatic carbocycles. The van der Waals surface area contributed by atoms with E-state index in [0.717, 1.165) is 0 Å². The molecule has 0 radical (unpaired) electrons. The Bertz CT molecular complexity index is 1140. The van der Waals surface area contributed by atoms with Crippen molar-refractivity contribution in [3.8, 4) is 23.0 Å². The maximum absolute atomic E-state index is 12.2. The van der Waals surface area contributed by atoms with Crippen LogP contribution in [0.2, 0.25) is 0 Å². The largest absolute Gasteiger partial charge is 0.504 e. The number of hydrazone groups is 2. The summed E-state index contributed by atoms with van der Waals surface area (Å²) < 4.78 is 10.1. The lowest BCUT2D eigenvalue weighted by atomic mass is 10.2. The zero-order chi connectivity index (χ0) is 22.9. The standard InChI is InChI=1S/C23H22N4O5/c1-31-19-7-3-5-16(21(19)28)13-24-26-18-11-9-15(10-12-18)23(30)27-25-14-17-6-4-8-20(32-2)22(17)29/h3-14,26,28-29H,1-2H3,(H,27,30)/b24-13+,25-14+. The maximum Gasteiger partial charge on any atom is 0.271 e. The Morgan fingerprint density at radius 2 is 1.34 bits per heavy atom. The van der Waals surface area contributed by atoms with Crippen LogP contribution in [0.1, 0.15) is 21.5 Å². The van der Waals surface area contributed by atoms with Crippen LogP contribution in [-0.4, -0.2) is 42.8 Å². The lowest BCUT2D eigenvalue weighted by Crippen LogP contribution is -2.17. The molecule has 9 nitrogen and oxygen atoms in total. The van der Waals surface area contributed by atoms with E-state index in [0.29, 0.717) is 33.9 Å². The van der Waals surface area contributed by atoms with Gasteiger partial charge in [0, 0.05) is 16.7 Å². The van der Waals surface area contributed by atoms with Gasteiger partial charge in [-0.2, -0.15) is 10.2 Å². The number of carbonyl (C=O) groups is 1. The van der Waals surface area contributed by atoms with Crippen molar-refractivity contribution in [3.05, 3.63) is 77.4 Å². The highest BCUT2D eigenvalue weighted by molar-refractivity contribution is 5.95. The molecule has 0 heterocycles. The van der Waals surface area contributed by atoms with Crippen LogP contribution in [-0.2, 0) is 0 Å². The minimum absolute atomic E-state index is 0.00427. The number of methoxy groups -OCH3 is 2. The third-order valence-electron chi connectivity index (χ3n) is 4.41. The number of benzene rings is 3. The molecule has 0 unspecified atom stereocenters. The zero-order valence-electron chi connectivity index (χ0n) is 17.4. The highest BCUT2D eigenvalue weighted by Crippen LogP contribution is 2.28. The number of rotatable bonds is 8. The summed E-state index contributed by atoms with van der Waals surface area (Å²) in [6.45, 7) is 0. The average Bonchev–Trinajstić information content (AvgIpc) is 2.81. The van der Waals surface area contributed by atoms with E-state index in [1.54, 1.807) is 60.7 Å². The number of phenols is 2. The normalized spacial score (nSPS) is 10.9. The lowest BCUT2D eigenvalue weighted by molar-refractivity contribution is 0.0955. The first-order valence-electron chi connectivity index (χ1n) is 9.48. The Balaban J connectivity index is 1.58. The van der Waals surface area contributed by atoms with Crippen molar-refractivity contribution < 1.29 is 24.5 Å². The summed E-state index contributed by atoms with van der Waals surface area (Å²) in [4.78, 5) is 12.2. The quantitative estimate of drug-likeness (QED) is 0.318. The number of anilines is 1. The molecule has 9 heteroatoms. The molecule has 164 valence electrons. The van der Waals surface area contributed by atoms with E-state index in [-0.39, 0.29) is 11.5 Å². The number of nitrogens with one attached hydrogen (secondary N) is 2. The first-order chi connectivity index (χ1) is 15.5. The summed E-state index contributed by atoms with van der Waals surface area (Å²) in [5, 5.41) is 28.0. The van der Waals surface area contributed by atoms with E-state index in [9.17, 15) is 15.0 Å². The van der Waals surface area contributed by atoms with Crippen molar-refractivity contribution in [1.82, 2.24) is 5.43 Å². The van der Waals surface area contributed by atoms with Crippen molar-refractivity contribution >= 4 is 24.0 Å². The van der Waals surface area contributed by atoms with Gasteiger partial charge >= 0.3 is 0 Å². The summed E-state index contributed by atoms with van der Waals surface area (Å²) in [7, 11) is 2.92. The fourth-order valence-electron chi connectivity index (χ4n) is 2.71. The third-order valence-corrected chi connectivity index (χ3v) is 4.41. The van der Waals surface area contributed by atoms with Gasteiger partial charge in [-0.05, 0) is 48.5 Å². The minimum Gasteiger partial charge on any atom is -0.504 e. The summed E-state index contributed by atoms with van der Waals surface area (Å²) >= 11 is 0. The van der Waals surface area contributed by atoms with Crippen molar-refractivity contribution in [2.75, 3.05) is 19.6 Å². The van der Waals surface area contributed by atoms with Gasteiger partial charge in [0.05, 0.1) is 32.3 Å². The number of ether oxygens (including phenoxy) is 2. The summed E-state index contributed by atoms with van der Waals surface area (Å²) in [5.74, 6) is 0.183. The number of aromatic hydroxyl groups is 2. The van der Waals surface area contributed by atoms with Gasteiger partial charge in [-0.15, -0.1) is 0 Å². The molecular formula is C23H22N4O5. The van der Waals surface area contributed by atoms with Crippen molar-refractivity contribution in [2.24, 2.45) is 10.2 Å². The van der Waals surface area contributed by atoms with Crippen LogP contribution >= 0.6 is 0 Å². The molecule has 0 saturated carbocycles. The molecule has 0 aliphatic heterocycles. The number of phenolic OH excluding ortho intramolecular Hbond substituents is 2. The molecule has 0 atom stereocenters.